The zero-order valence-electron chi connectivity index (χ0n) is 21.2. The van der Waals surface area contributed by atoms with Crippen molar-refractivity contribution in [1.29, 1.82) is 0 Å². The first-order valence-corrected chi connectivity index (χ1v) is 13.1. The molecule has 1 heterocycles. The second-order valence-electron chi connectivity index (χ2n) is 8.42. The molecule has 9 nitrogen and oxygen atoms in total. The molecule has 0 aliphatic rings. The molecule has 5 N–H and O–H groups in total. The van der Waals surface area contributed by atoms with Gasteiger partial charge >= 0.3 is 0 Å². The summed E-state index contributed by atoms with van der Waals surface area (Å²) in [5.41, 5.74) is 7.71. The molecule has 0 spiro atoms. The summed E-state index contributed by atoms with van der Waals surface area (Å²) in [6, 6.07) is 25.4. The van der Waals surface area contributed by atoms with Crippen LogP contribution in [0, 0.1) is 0 Å². The Morgan fingerprint density at radius 2 is 1.57 bits per heavy atom. The van der Waals surface area contributed by atoms with Gasteiger partial charge in [-0.3, -0.25) is 24.2 Å². The minimum absolute atomic E-state index is 0.0432. The zero-order chi connectivity index (χ0) is 28.3. The number of hydrogen-bond donors (Lipinski definition) is 4. The number of nitrogens with one attached hydrogen (secondary N) is 3. The maximum atomic E-state index is 13.2. The van der Waals surface area contributed by atoms with Gasteiger partial charge in [0.05, 0.1) is 5.75 Å². The molecule has 40 heavy (non-hydrogen) atoms. The van der Waals surface area contributed by atoms with Gasteiger partial charge in [-0.2, -0.15) is 0 Å². The van der Waals surface area contributed by atoms with Crippen LogP contribution in [0.3, 0.4) is 0 Å². The van der Waals surface area contributed by atoms with Gasteiger partial charge < -0.3 is 21.7 Å². The number of thioether (sulfide) groups is 1. The Kier molecular flexibility index (Phi) is 9.41. The van der Waals surface area contributed by atoms with E-state index in [2.05, 4.69) is 20.9 Å². The standard InChI is InChI=1S/C30H25N5O4S/c31-28(37)21-11-13-23(14-12-21)33-27(36)19-40-25-10-4-9-24(17-25)34-30(39)26(16-20-6-5-15-32-18-20)35-29(38)22-7-2-1-3-8-22/h1-18H,19H2,(H2,31,37)(H,33,36)(H,34,39)(H,35,38)/b26-16-. The van der Waals surface area contributed by atoms with Crippen LogP contribution in [0.2, 0.25) is 0 Å². The van der Waals surface area contributed by atoms with E-state index in [0.717, 1.165) is 4.90 Å². The van der Waals surface area contributed by atoms with Crippen molar-refractivity contribution in [3.63, 3.8) is 0 Å². The number of pyridine rings is 1. The summed E-state index contributed by atoms with van der Waals surface area (Å²) in [5, 5.41) is 8.26. The Labute approximate surface area is 234 Å². The lowest BCUT2D eigenvalue weighted by Gasteiger charge is -2.12. The molecule has 0 bridgehead atoms. The molecule has 0 aliphatic heterocycles. The fourth-order valence-electron chi connectivity index (χ4n) is 3.50. The largest absolute Gasteiger partial charge is 0.366 e. The zero-order valence-corrected chi connectivity index (χ0v) is 22.0. The molecule has 0 fully saturated rings. The van der Waals surface area contributed by atoms with Gasteiger partial charge in [-0.05, 0) is 72.3 Å². The Hall–Kier alpha value is -5.22. The number of carbonyl (C=O) groups excluding carboxylic acids is 4. The average Bonchev–Trinajstić information content (AvgIpc) is 2.97. The van der Waals surface area contributed by atoms with Crippen molar-refractivity contribution >= 4 is 52.8 Å². The molecule has 0 atom stereocenters. The minimum Gasteiger partial charge on any atom is -0.366 e. The number of amides is 4. The number of carbonyl (C=O) groups is 4. The Bertz CT molecular complexity index is 1540. The normalized spacial score (nSPS) is 10.8. The molecule has 4 amide bonds. The number of anilines is 2. The lowest BCUT2D eigenvalue weighted by atomic mass is 10.2. The first-order valence-electron chi connectivity index (χ1n) is 12.1. The van der Waals surface area contributed by atoms with Crippen molar-refractivity contribution in [3.05, 3.63) is 126 Å². The third kappa shape index (κ3) is 8.14. The highest BCUT2D eigenvalue weighted by molar-refractivity contribution is 8.00. The van der Waals surface area contributed by atoms with Gasteiger partial charge in [0.2, 0.25) is 11.8 Å². The highest BCUT2D eigenvalue weighted by Crippen LogP contribution is 2.22. The van der Waals surface area contributed by atoms with E-state index in [-0.39, 0.29) is 17.4 Å². The van der Waals surface area contributed by atoms with Crippen LogP contribution in [0.25, 0.3) is 6.08 Å². The summed E-state index contributed by atoms with van der Waals surface area (Å²) in [6.45, 7) is 0. The number of hydrogen-bond acceptors (Lipinski definition) is 6. The number of aromatic nitrogens is 1. The van der Waals surface area contributed by atoms with Gasteiger partial charge in [0, 0.05) is 39.8 Å². The molecular weight excluding hydrogens is 526 g/mol. The van der Waals surface area contributed by atoms with Gasteiger partial charge in [0.25, 0.3) is 11.8 Å². The molecule has 0 aliphatic carbocycles. The number of primary amides is 1. The summed E-state index contributed by atoms with van der Waals surface area (Å²) in [4.78, 5) is 54.4. The Balaban J connectivity index is 1.41. The summed E-state index contributed by atoms with van der Waals surface area (Å²) in [6.07, 6.45) is 4.74. The smallest absolute Gasteiger partial charge is 0.272 e. The lowest BCUT2D eigenvalue weighted by Crippen LogP contribution is -2.30. The van der Waals surface area contributed by atoms with E-state index in [1.165, 1.54) is 23.9 Å². The average molecular weight is 552 g/mol. The van der Waals surface area contributed by atoms with E-state index >= 15 is 0 Å². The molecule has 0 radical (unpaired) electrons. The van der Waals surface area contributed by atoms with Gasteiger partial charge in [-0.25, -0.2) is 0 Å². The van der Waals surface area contributed by atoms with Crippen molar-refractivity contribution in [2.75, 3.05) is 16.4 Å². The molecule has 4 aromatic rings. The highest BCUT2D eigenvalue weighted by atomic mass is 32.2. The Morgan fingerprint density at radius 3 is 2.27 bits per heavy atom. The number of rotatable bonds is 10. The SMILES string of the molecule is NC(=O)c1ccc(NC(=O)CSc2cccc(NC(=O)/C(=C/c3cccnc3)NC(=O)c3ccccc3)c2)cc1. The van der Waals surface area contributed by atoms with Gasteiger partial charge in [-0.1, -0.05) is 30.3 Å². The van der Waals surface area contributed by atoms with Crippen molar-refractivity contribution in [1.82, 2.24) is 10.3 Å². The first-order chi connectivity index (χ1) is 19.4. The van der Waals surface area contributed by atoms with Crippen LogP contribution in [0.1, 0.15) is 26.3 Å². The molecule has 10 heteroatoms. The van der Waals surface area contributed by atoms with Crippen LogP contribution in [-0.4, -0.2) is 34.4 Å². The van der Waals surface area contributed by atoms with Crippen molar-refractivity contribution in [2.45, 2.75) is 4.90 Å². The summed E-state index contributed by atoms with van der Waals surface area (Å²) in [7, 11) is 0. The van der Waals surface area contributed by atoms with E-state index in [0.29, 0.717) is 28.1 Å². The molecule has 200 valence electrons. The van der Waals surface area contributed by atoms with Gasteiger partial charge in [0.15, 0.2) is 0 Å². The van der Waals surface area contributed by atoms with Crippen LogP contribution < -0.4 is 21.7 Å². The van der Waals surface area contributed by atoms with Gasteiger partial charge in [-0.15, -0.1) is 11.8 Å². The van der Waals surface area contributed by atoms with E-state index in [1.54, 1.807) is 91.3 Å². The number of nitrogens with zero attached hydrogens (tertiary/aromatic N) is 1. The second kappa shape index (κ2) is 13.5. The van der Waals surface area contributed by atoms with E-state index < -0.39 is 17.7 Å². The molecule has 1 aromatic heterocycles. The van der Waals surface area contributed by atoms with Crippen LogP contribution in [0.15, 0.2) is 114 Å². The predicted molar refractivity (Wildman–Crippen MR) is 156 cm³/mol. The topological polar surface area (TPSA) is 143 Å². The lowest BCUT2D eigenvalue weighted by molar-refractivity contribution is -0.114. The van der Waals surface area contributed by atoms with E-state index in [9.17, 15) is 19.2 Å². The summed E-state index contributed by atoms with van der Waals surface area (Å²) < 4.78 is 0. The van der Waals surface area contributed by atoms with E-state index in [4.69, 9.17) is 5.73 Å². The van der Waals surface area contributed by atoms with E-state index in [1.807, 2.05) is 6.07 Å². The van der Waals surface area contributed by atoms with Crippen LogP contribution in [-0.2, 0) is 9.59 Å². The molecule has 0 saturated carbocycles. The molecule has 4 rings (SSSR count). The second-order valence-corrected chi connectivity index (χ2v) is 9.47. The number of benzene rings is 3. The minimum atomic E-state index is -0.543. The fourth-order valence-corrected chi connectivity index (χ4v) is 4.25. The van der Waals surface area contributed by atoms with Crippen molar-refractivity contribution in [2.24, 2.45) is 5.73 Å². The number of nitrogens with two attached hydrogens (primary N) is 1. The van der Waals surface area contributed by atoms with Crippen LogP contribution in [0.5, 0.6) is 0 Å². The molecule has 0 unspecified atom stereocenters. The van der Waals surface area contributed by atoms with Crippen molar-refractivity contribution in [3.8, 4) is 0 Å². The fraction of sp³-hybridized carbons (Fsp3) is 0.0333. The third-order valence-electron chi connectivity index (χ3n) is 5.44. The van der Waals surface area contributed by atoms with Gasteiger partial charge in [0.1, 0.15) is 5.70 Å². The highest BCUT2D eigenvalue weighted by Gasteiger charge is 2.15. The molecular formula is C30H25N5O4S. The maximum Gasteiger partial charge on any atom is 0.272 e. The maximum absolute atomic E-state index is 13.2. The monoisotopic (exact) mass is 551 g/mol. The molecule has 0 saturated heterocycles. The Morgan fingerprint density at radius 1 is 0.800 bits per heavy atom. The van der Waals surface area contributed by atoms with Crippen molar-refractivity contribution < 1.29 is 19.2 Å². The first kappa shape index (κ1) is 27.8. The predicted octanol–water partition coefficient (Wildman–Crippen LogP) is 4.32. The quantitative estimate of drug-likeness (QED) is 0.171. The van der Waals surface area contributed by atoms with Crippen LogP contribution in [0.4, 0.5) is 11.4 Å². The van der Waals surface area contributed by atoms with Crippen LogP contribution >= 0.6 is 11.8 Å². The molecule has 3 aromatic carbocycles. The summed E-state index contributed by atoms with van der Waals surface area (Å²) >= 11 is 1.29. The summed E-state index contributed by atoms with van der Waals surface area (Å²) in [5.74, 6) is -1.61. The third-order valence-corrected chi connectivity index (χ3v) is 6.43.